The lowest BCUT2D eigenvalue weighted by molar-refractivity contribution is 0.313. The van der Waals surface area contributed by atoms with E-state index in [0.717, 1.165) is 23.2 Å². The van der Waals surface area contributed by atoms with Crippen LogP contribution in [0, 0.1) is 0 Å². The van der Waals surface area contributed by atoms with E-state index >= 15 is 0 Å². The molecule has 0 aliphatic carbocycles. The maximum atomic E-state index is 5.73. The molecule has 1 aliphatic rings. The number of hydrogen-bond acceptors (Lipinski definition) is 1. The van der Waals surface area contributed by atoms with Crippen LogP contribution in [-0.4, -0.2) is 6.61 Å². The van der Waals surface area contributed by atoms with Crippen LogP contribution in [0.1, 0.15) is 32.3 Å². The molecule has 0 aromatic heterocycles. The summed E-state index contributed by atoms with van der Waals surface area (Å²) in [5, 5.41) is 0. The second-order valence-corrected chi connectivity index (χ2v) is 5.39. The molecule has 0 bridgehead atoms. The molecule has 0 N–H and O–H groups in total. The molecule has 0 spiro atoms. The van der Waals surface area contributed by atoms with Gasteiger partial charge in [0, 0.05) is 4.47 Å². The topological polar surface area (TPSA) is 9.23 Å². The maximum absolute atomic E-state index is 5.73. The lowest BCUT2D eigenvalue weighted by atomic mass is 9.81. The van der Waals surface area contributed by atoms with E-state index in [4.69, 9.17) is 4.74 Å². The van der Waals surface area contributed by atoms with Crippen molar-refractivity contribution >= 4 is 15.9 Å². The zero-order chi connectivity index (χ0) is 10.2. The summed E-state index contributed by atoms with van der Waals surface area (Å²) in [6.45, 7) is 5.41. The quantitative estimate of drug-likeness (QED) is 0.683. The highest BCUT2D eigenvalue weighted by atomic mass is 79.9. The summed E-state index contributed by atoms with van der Waals surface area (Å²) in [7, 11) is 0. The van der Waals surface area contributed by atoms with Gasteiger partial charge in [-0.2, -0.15) is 0 Å². The molecule has 0 saturated carbocycles. The van der Waals surface area contributed by atoms with Crippen molar-refractivity contribution in [3.8, 4) is 5.75 Å². The molecule has 1 aliphatic heterocycles. The Kier molecular flexibility index (Phi) is 2.56. The van der Waals surface area contributed by atoms with E-state index < -0.39 is 0 Å². The molecule has 1 heterocycles. The molecule has 1 aromatic rings. The summed E-state index contributed by atoms with van der Waals surface area (Å²) in [4.78, 5) is 0. The second kappa shape index (κ2) is 3.58. The van der Waals surface area contributed by atoms with Gasteiger partial charge in [0.2, 0.25) is 0 Å². The van der Waals surface area contributed by atoms with Gasteiger partial charge in [0.1, 0.15) is 5.75 Å². The summed E-state index contributed by atoms with van der Waals surface area (Å²) in [5.74, 6) is 1.04. The highest BCUT2D eigenvalue weighted by molar-refractivity contribution is 9.10. The Morgan fingerprint density at radius 2 is 2.14 bits per heavy atom. The maximum Gasteiger partial charge on any atom is 0.124 e. The van der Waals surface area contributed by atoms with Gasteiger partial charge < -0.3 is 4.74 Å². The highest BCUT2D eigenvalue weighted by Crippen LogP contribution is 2.38. The van der Waals surface area contributed by atoms with Crippen LogP contribution in [0.2, 0.25) is 0 Å². The largest absolute Gasteiger partial charge is 0.493 e. The van der Waals surface area contributed by atoms with Crippen molar-refractivity contribution < 1.29 is 4.74 Å². The first-order chi connectivity index (χ1) is 6.59. The number of rotatable bonds is 0. The molecule has 1 aromatic carbocycles. The van der Waals surface area contributed by atoms with E-state index in [1.165, 1.54) is 12.0 Å². The normalized spacial score (nSPS) is 19.4. The zero-order valence-electron chi connectivity index (χ0n) is 8.64. The summed E-state index contributed by atoms with van der Waals surface area (Å²) in [6, 6.07) is 6.34. The Labute approximate surface area is 93.6 Å². The fraction of sp³-hybridized carbons (Fsp3) is 0.500. The van der Waals surface area contributed by atoms with Crippen molar-refractivity contribution in [2.24, 2.45) is 0 Å². The van der Waals surface area contributed by atoms with Gasteiger partial charge in [-0.3, -0.25) is 0 Å². The van der Waals surface area contributed by atoms with Gasteiger partial charge in [-0.05, 0) is 36.0 Å². The molecule has 0 amide bonds. The van der Waals surface area contributed by atoms with Crippen LogP contribution in [0.3, 0.4) is 0 Å². The Hall–Kier alpha value is -0.500. The van der Waals surface area contributed by atoms with Crippen LogP contribution in [0.25, 0.3) is 0 Å². The third-order valence-corrected chi connectivity index (χ3v) is 3.37. The number of halogens is 1. The van der Waals surface area contributed by atoms with Crippen LogP contribution >= 0.6 is 15.9 Å². The van der Waals surface area contributed by atoms with Crippen LogP contribution in [0.5, 0.6) is 5.75 Å². The molecule has 2 heteroatoms. The van der Waals surface area contributed by atoms with Crippen molar-refractivity contribution in [1.29, 1.82) is 0 Å². The molecule has 0 atom stereocenters. The highest BCUT2D eigenvalue weighted by Gasteiger charge is 2.26. The summed E-state index contributed by atoms with van der Waals surface area (Å²) >= 11 is 3.47. The number of fused-ring (bicyclic) bond motifs is 1. The first-order valence-corrected chi connectivity index (χ1v) is 5.82. The average Bonchev–Trinajstić information content (AvgIpc) is 2.25. The number of hydrogen-bond donors (Lipinski definition) is 0. The lowest BCUT2D eigenvalue weighted by Gasteiger charge is -2.23. The Bertz CT molecular complexity index is 344. The van der Waals surface area contributed by atoms with Crippen LogP contribution in [-0.2, 0) is 5.41 Å². The van der Waals surface area contributed by atoms with Crippen molar-refractivity contribution in [2.45, 2.75) is 32.1 Å². The van der Waals surface area contributed by atoms with Crippen LogP contribution < -0.4 is 4.74 Å². The van der Waals surface area contributed by atoms with Gasteiger partial charge in [-0.15, -0.1) is 0 Å². The molecule has 1 nitrogen and oxygen atoms in total. The SMILES string of the molecule is CC1(C)CCCOc2cc(Br)ccc21. The molecular weight excluding hydrogens is 240 g/mol. The Balaban J connectivity index is 2.50. The first-order valence-electron chi connectivity index (χ1n) is 5.02. The van der Waals surface area contributed by atoms with E-state index in [9.17, 15) is 0 Å². The van der Waals surface area contributed by atoms with Gasteiger partial charge in [-0.25, -0.2) is 0 Å². The van der Waals surface area contributed by atoms with Crippen molar-refractivity contribution in [2.75, 3.05) is 6.61 Å². The number of ether oxygens (including phenoxy) is 1. The minimum absolute atomic E-state index is 0.243. The fourth-order valence-electron chi connectivity index (χ4n) is 2.01. The molecule has 0 saturated heterocycles. The van der Waals surface area contributed by atoms with Crippen molar-refractivity contribution in [3.63, 3.8) is 0 Å². The molecule has 0 unspecified atom stereocenters. The minimum atomic E-state index is 0.243. The minimum Gasteiger partial charge on any atom is -0.493 e. The lowest BCUT2D eigenvalue weighted by Crippen LogP contribution is -2.15. The molecular formula is C12H15BrO. The van der Waals surface area contributed by atoms with E-state index in [1.54, 1.807) is 0 Å². The summed E-state index contributed by atoms with van der Waals surface area (Å²) < 4.78 is 6.83. The molecule has 14 heavy (non-hydrogen) atoms. The van der Waals surface area contributed by atoms with Gasteiger partial charge in [0.25, 0.3) is 0 Å². The molecule has 0 fully saturated rings. The monoisotopic (exact) mass is 254 g/mol. The predicted octanol–water partition coefficient (Wildman–Crippen LogP) is 3.90. The van der Waals surface area contributed by atoms with Gasteiger partial charge in [-0.1, -0.05) is 35.8 Å². The van der Waals surface area contributed by atoms with E-state index in [0.29, 0.717) is 0 Å². The summed E-state index contributed by atoms with van der Waals surface area (Å²) in [6.07, 6.45) is 2.33. The van der Waals surface area contributed by atoms with Crippen LogP contribution in [0.15, 0.2) is 22.7 Å². The second-order valence-electron chi connectivity index (χ2n) is 4.48. The van der Waals surface area contributed by atoms with E-state index in [2.05, 4.69) is 48.0 Å². The van der Waals surface area contributed by atoms with Gasteiger partial charge in [0.05, 0.1) is 6.61 Å². The van der Waals surface area contributed by atoms with E-state index in [1.807, 2.05) is 0 Å². The smallest absolute Gasteiger partial charge is 0.124 e. The standard InChI is InChI=1S/C12H15BrO/c1-12(2)6-3-7-14-11-8-9(13)4-5-10(11)12/h4-5,8H,3,6-7H2,1-2H3. The Morgan fingerprint density at radius 1 is 1.36 bits per heavy atom. The number of benzene rings is 1. The molecule has 76 valence electrons. The third-order valence-electron chi connectivity index (χ3n) is 2.88. The third kappa shape index (κ3) is 1.81. The van der Waals surface area contributed by atoms with Crippen LogP contribution in [0.4, 0.5) is 0 Å². The van der Waals surface area contributed by atoms with Gasteiger partial charge in [0.15, 0.2) is 0 Å². The fourth-order valence-corrected chi connectivity index (χ4v) is 2.35. The zero-order valence-corrected chi connectivity index (χ0v) is 10.2. The van der Waals surface area contributed by atoms with E-state index in [-0.39, 0.29) is 5.41 Å². The Morgan fingerprint density at radius 3 is 2.93 bits per heavy atom. The molecule has 0 radical (unpaired) electrons. The van der Waals surface area contributed by atoms with Crippen molar-refractivity contribution in [1.82, 2.24) is 0 Å². The predicted molar refractivity (Wildman–Crippen MR) is 61.9 cm³/mol. The van der Waals surface area contributed by atoms with Gasteiger partial charge >= 0.3 is 0 Å². The van der Waals surface area contributed by atoms with Crippen molar-refractivity contribution in [3.05, 3.63) is 28.2 Å². The summed E-state index contributed by atoms with van der Waals surface area (Å²) in [5.41, 5.74) is 1.57. The first kappa shape index (κ1) is 10.0. The average molecular weight is 255 g/mol. The molecule has 2 rings (SSSR count).